The van der Waals surface area contributed by atoms with Gasteiger partial charge in [-0.15, -0.1) is 0 Å². The first-order valence-electron chi connectivity index (χ1n) is 5.40. The van der Waals surface area contributed by atoms with E-state index in [0.29, 0.717) is 6.61 Å². The lowest BCUT2D eigenvalue weighted by Gasteiger charge is -2.04. The van der Waals surface area contributed by atoms with Crippen molar-refractivity contribution in [2.75, 3.05) is 20.3 Å². The third-order valence-corrected chi connectivity index (χ3v) is 2.27. The smallest absolute Gasteiger partial charge is 0.155 e. The molecule has 0 aliphatic heterocycles. The van der Waals surface area contributed by atoms with E-state index in [1.54, 1.807) is 18.1 Å². The summed E-state index contributed by atoms with van der Waals surface area (Å²) in [7, 11) is 1.69. The molecule has 0 saturated carbocycles. The average Bonchev–Trinajstić information content (AvgIpc) is 2.89. The fraction of sp³-hybridized carbons (Fsp3) is 0.364. The molecule has 2 aromatic rings. The first kappa shape index (κ1) is 11.7. The molecule has 0 bridgehead atoms. The molecule has 0 amide bonds. The predicted octanol–water partition coefficient (Wildman–Crippen LogP) is 0.398. The number of nitrogens with zero attached hydrogens (tertiary/aromatic N) is 4. The van der Waals surface area contributed by atoms with E-state index >= 15 is 0 Å². The summed E-state index contributed by atoms with van der Waals surface area (Å²) >= 11 is 0. The quantitative estimate of drug-likeness (QED) is 0.731. The summed E-state index contributed by atoms with van der Waals surface area (Å²) in [6.45, 7) is 2.33. The van der Waals surface area contributed by atoms with Crippen molar-refractivity contribution in [3.8, 4) is 5.82 Å². The number of ether oxygens (including phenoxy) is 1. The van der Waals surface area contributed by atoms with Gasteiger partial charge in [-0.3, -0.25) is 0 Å². The van der Waals surface area contributed by atoms with E-state index in [0.717, 1.165) is 24.5 Å². The minimum Gasteiger partial charge on any atom is -0.383 e. The molecular formula is C11H15N5O. The number of nitrogens with one attached hydrogen (secondary N) is 1. The Balaban J connectivity index is 1.90. The molecule has 0 radical (unpaired) electrons. The Bertz CT molecular complexity index is 426. The normalized spacial score (nSPS) is 10.6. The van der Waals surface area contributed by atoms with E-state index in [9.17, 15) is 0 Å². The zero-order valence-electron chi connectivity index (χ0n) is 9.71. The van der Waals surface area contributed by atoms with E-state index < -0.39 is 0 Å². The van der Waals surface area contributed by atoms with Gasteiger partial charge in [0, 0.05) is 26.4 Å². The Hall–Kier alpha value is -1.79. The van der Waals surface area contributed by atoms with Gasteiger partial charge >= 0.3 is 0 Å². The Morgan fingerprint density at radius 3 is 3.00 bits per heavy atom. The van der Waals surface area contributed by atoms with Crippen LogP contribution < -0.4 is 5.32 Å². The minimum atomic E-state index is 0.713. The van der Waals surface area contributed by atoms with E-state index in [-0.39, 0.29) is 0 Å². The fourth-order valence-corrected chi connectivity index (χ4v) is 1.39. The van der Waals surface area contributed by atoms with Crippen molar-refractivity contribution in [2.24, 2.45) is 0 Å². The van der Waals surface area contributed by atoms with Gasteiger partial charge < -0.3 is 10.1 Å². The van der Waals surface area contributed by atoms with Crippen LogP contribution in [0.25, 0.3) is 5.82 Å². The maximum atomic E-state index is 4.95. The van der Waals surface area contributed by atoms with Crippen LogP contribution >= 0.6 is 0 Å². The zero-order chi connectivity index (χ0) is 11.9. The number of methoxy groups -OCH3 is 1. The first-order valence-corrected chi connectivity index (χ1v) is 5.40. The lowest BCUT2D eigenvalue weighted by molar-refractivity contribution is 0.199. The predicted molar refractivity (Wildman–Crippen MR) is 62.7 cm³/mol. The molecule has 2 aromatic heterocycles. The van der Waals surface area contributed by atoms with Crippen LogP contribution in [-0.4, -0.2) is 40.0 Å². The van der Waals surface area contributed by atoms with Crippen LogP contribution in [0.4, 0.5) is 0 Å². The molecule has 6 nitrogen and oxygen atoms in total. The second-order valence-corrected chi connectivity index (χ2v) is 3.53. The SMILES string of the molecule is COCCNCc1ccc(-n2cncn2)nc1. The van der Waals surface area contributed by atoms with Gasteiger partial charge in [0.15, 0.2) is 5.82 Å². The molecule has 0 fully saturated rings. The topological polar surface area (TPSA) is 64.9 Å². The van der Waals surface area contributed by atoms with Gasteiger partial charge in [-0.1, -0.05) is 6.07 Å². The Morgan fingerprint density at radius 1 is 1.41 bits per heavy atom. The number of pyridine rings is 1. The first-order chi connectivity index (χ1) is 8.40. The van der Waals surface area contributed by atoms with Crippen LogP contribution in [0.2, 0.25) is 0 Å². The van der Waals surface area contributed by atoms with Crippen LogP contribution in [0, 0.1) is 0 Å². The summed E-state index contributed by atoms with van der Waals surface area (Å²) in [4.78, 5) is 8.19. The third-order valence-electron chi connectivity index (χ3n) is 2.27. The summed E-state index contributed by atoms with van der Waals surface area (Å²) in [6, 6.07) is 3.94. The summed E-state index contributed by atoms with van der Waals surface area (Å²) < 4.78 is 6.58. The van der Waals surface area contributed by atoms with Gasteiger partial charge in [0.1, 0.15) is 12.7 Å². The number of hydrogen-bond acceptors (Lipinski definition) is 5. The average molecular weight is 233 g/mol. The van der Waals surface area contributed by atoms with Gasteiger partial charge in [-0.2, -0.15) is 5.10 Å². The highest BCUT2D eigenvalue weighted by Crippen LogP contribution is 2.03. The lowest BCUT2D eigenvalue weighted by atomic mass is 10.3. The number of aromatic nitrogens is 4. The summed E-state index contributed by atoms with van der Waals surface area (Å²) in [5.74, 6) is 0.767. The van der Waals surface area contributed by atoms with Crippen LogP contribution in [0.1, 0.15) is 5.56 Å². The van der Waals surface area contributed by atoms with Crippen LogP contribution in [0.3, 0.4) is 0 Å². The largest absolute Gasteiger partial charge is 0.383 e. The molecule has 0 aromatic carbocycles. The molecule has 0 aliphatic rings. The maximum Gasteiger partial charge on any atom is 0.155 e. The van der Waals surface area contributed by atoms with Crippen molar-refractivity contribution in [3.63, 3.8) is 0 Å². The van der Waals surface area contributed by atoms with Crippen LogP contribution in [-0.2, 0) is 11.3 Å². The van der Waals surface area contributed by atoms with Crippen LogP contribution in [0.15, 0.2) is 31.0 Å². The van der Waals surface area contributed by atoms with Crippen molar-refractivity contribution in [1.82, 2.24) is 25.1 Å². The monoisotopic (exact) mass is 233 g/mol. The van der Waals surface area contributed by atoms with Gasteiger partial charge in [-0.25, -0.2) is 14.6 Å². The number of rotatable bonds is 6. The molecule has 0 saturated heterocycles. The Morgan fingerprint density at radius 2 is 2.35 bits per heavy atom. The van der Waals surface area contributed by atoms with Crippen molar-refractivity contribution in [1.29, 1.82) is 0 Å². The third kappa shape index (κ3) is 3.33. The molecule has 1 N–H and O–H groups in total. The molecular weight excluding hydrogens is 218 g/mol. The highest BCUT2D eigenvalue weighted by Gasteiger charge is 1.98. The maximum absolute atomic E-state index is 4.95. The van der Waals surface area contributed by atoms with Gasteiger partial charge in [-0.05, 0) is 11.6 Å². The Labute approximate surface area is 99.7 Å². The molecule has 6 heteroatoms. The molecule has 2 heterocycles. The standard InChI is InChI=1S/C11H15N5O/c1-17-5-4-12-6-10-2-3-11(14-7-10)16-9-13-8-15-16/h2-3,7-9,12H,4-6H2,1H3. The van der Waals surface area contributed by atoms with Crippen LogP contribution in [0.5, 0.6) is 0 Å². The van der Waals surface area contributed by atoms with Crippen molar-refractivity contribution >= 4 is 0 Å². The second-order valence-electron chi connectivity index (χ2n) is 3.53. The zero-order valence-corrected chi connectivity index (χ0v) is 9.71. The van der Waals surface area contributed by atoms with Gasteiger partial charge in [0.05, 0.1) is 6.61 Å². The summed E-state index contributed by atoms with van der Waals surface area (Å²) in [5, 5.41) is 7.27. The van der Waals surface area contributed by atoms with Crippen molar-refractivity contribution < 1.29 is 4.74 Å². The van der Waals surface area contributed by atoms with Crippen molar-refractivity contribution in [2.45, 2.75) is 6.54 Å². The van der Waals surface area contributed by atoms with E-state index in [4.69, 9.17) is 4.74 Å². The van der Waals surface area contributed by atoms with E-state index in [1.165, 1.54) is 6.33 Å². The number of hydrogen-bond donors (Lipinski definition) is 1. The minimum absolute atomic E-state index is 0.713. The van der Waals surface area contributed by atoms with Gasteiger partial charge in [0.25, 0.3) is 0 Å². The fourth-order valence-electron chi connectivity index (χ4n) is 1.39. The van der Waals surface area contributed by atoms with E-state index in [1.807, 2.05) is 18.3 Å². The summed E-state index contributed by atoms with van der Waals surface area (Å²) in [6.07, 6.45) is 4.94. The van der Waals surface area contributed by atoms with E-state index in [2.05, 4.69) is 20.4 Å². The lowest BCUT2D eigenvalue weighted by Crippen LogP contribution is -2.18. The highest BCUT2D eigenvalue weighted by molar-refractivity contribution is 5.23. The second kappa shape index (κ2) is 6.07. The molecule has 0 unspecified atom stereocenters. The summed E-state index contributed by atoms with van der Waals surface area (Å²) in [5.41, 5.74) is 1.13. The molecule has 0 spiro atoms. The Kier molecular flexibility index (Phi) is 4.17. The molecule has 2 rings (SSSR count). The van der Waals surface area contributed by atoms with Crippen molar-refractivity contribution in [3.05, 3.63) is 36.5 Å². The molecule has 0 aliphatic carbocycles. The van der Waals surface area contributed by atoms with Gasteiger partial charge in [0.2, 0.25) is 0 Å². The highest BCUT2D eigenvalue weighted by atomic mass is 16.5. The molecule has 0 atom stereocenters. The molecule has 90 valence electrons. The molecule has 17 heavy (non-hydrogen) atoms.